The van der Waals surface area contributed by atoms with E-state index in [2.05, 4.69) is 5.32 Å². The van der Waals surface area contributed by atoms with E-state index in [0.717, 1.165) is 0 Å². The average Bonchev–Trinajstić information content (AvgIpc) is 3.26. The first kappa shape index (κ1) is 21.8. The molecular formula is C24H23NO6. The van der Waals surface area contributed by atoms with Gasteiger partial charge in [0.1, 0.15) is 11.5 Å². The van der Waals surface area contributed by atoms with Crippen LogP contribution in [0.3, 0.4) is 0 Å². The standard InChI is InChI=1S/C24H23NO6/c1-4-29-20-11-9-19(10-12-20)25-23(27)16(3)30-24(28)22-14-13-21(31-22)18-7-5-17(6-8-18)15(2)26/h5-14,16H,4H2,1-3H3,(H,25,27)/t16-/m1/s1. The third-order valence-electron chi connectivity index (χ3n) is 4.47. The molecule has 1 heterocycles. The third kappa shape index (κ3) is 5.60. The third-order valence-corrected chi connectivity index (χ3v) is 4.47. The van der Waals surface area contributed by atoms with E-state index in [1.54, 1.807) is 54.6 Å². The molecule has 0 aliphatic carbocycles. The maximum absolute atomic E-state index is 12.4. The van der Waals surface area contributed by atoms with Crippen molar-refractivity contribution in [2.24, 2.45) is 0 Å². The van der Waals surface area contributed by atoms with Crippen LogP contribution in [0, 0.1) is 0 Å². The van der Waals surface area contributed by atoms with Gasteiger partial charge in [-0.3, -0.25) is 9.59 Å². The van der Waals surface area contributed by atoms with Gasteiger partial charge in [-0.15, -0.1) is 0 Å². The fraction of sp³-hybridized carbons (Fsp3) is 0.208. The van der Waals surface area contributed by atoms with Crippen LogP contribution in [0.4, 0.5) is 5.69 Å². The highest BCUT2D eigenvalue weighted by Crippen LogP contribution is 2.23. The number of furan rings is 1. The van der Waals surface area contributed by atoms with Gasteiger partial charge in [-0.1, -0.05) is 24.3 Å². The first-order valence-electron chi connectivity index (χ1n) is 9.83. The van der Waals surface area contributed by atoms with Crippen molar-refractivity contribution < 1.29 is 28.3 Å². The highest BCUT2D eigenvalue weighted by atomic mass is 16.6. The number of anilines is 1. The molecule has 0 saturated heterocycles. The number of benzene rings is 2. The lowest BCUT2D eigenvalue weighted by Crippen LogP contribution is -2.29. The first-order valence-corrected chi connectivity index (χ1v) is 9.83. The molecule has 0 saturated carbocycles. The first-order chi connectivity index (χ1) is 14.9. The van der Waals surface area contributed by atoms with E-state index in [-0.39, 0.29) is 11.5 Å². The molecule has 3 aromatic rings. The Morgan fingerprint density at radius 3 is 2.26 bits per heavy atom. The minimum atomic E-state index is -1.03. The van der Waals surface area contributed by atoms with Gasteiger partial charge in [0.05, 0.1) is 6.61 Å². The molecule has 0 radical (unpaired) electrons. The van der Waals surface area contributed by atoms with Crippen LogP contribution in [0.25, 0.3) is 11.3 Å². The molecule has 0 aliphatic heterocycles. The van der Waals surface area contributed by atoms with Gasteiger partial charge in [0, 0.05) is 16.8 Å². The van der Waals surface area contributed by atoms with E-state index in [9.17, 15) is 14.4 Å². The predicted octanol–water partition coefficient (Wildman–Crippen LogP) is 4.73. The second-order valence-corrected chi connectivity index (χ2v) is 6.79. The Morgan fingerprint density at radius 1 is 0.968 bits per heavy atom. The number of hydrogen-bond donors (Lipinski definition) is 1. The van der Waals surface area contributed by atoms with E-state index in [4.69, 9.17) is 13.9 Å². The summed E-state index contributed by atoms with van der Waals surface area (Å²) < 4.78 is 16.1. The topological polar surface area (TPSA) is 94.8 Å². The molecule has 7 heteroatoms. The van der Waals surface area contributed by atoms with Crippen LogP contribution in [0.1, 0.15) is 41.7 Å². The molecule has 0 aliphatic rings. The summed E-state index contributed by atoms with van der Waals surface area (Å²) >= 11 is 0. The number of hydrogen-bond acceptors (Lipinski definition) is 6. The van der Waals surface area contributed by atoms with Gasteiger partial charge in [0.25, 0.3) is 5.91 Å². The average molecular weight is 421 g/mol. The van der Waals surface area contributed by atoms with Gasteiger partial charge in [-0.2, -0.15) is 0 Å². The maximum Gasteiger partial charge on any atom is 0.375 e. The van der Waals surface area contributed by atoms with Crippen molar-refractivity contribution in [2.75, 3.05) is 11.9 Å². The number of amides is 1. The largest absolute Gasteiger partial charge is 0.494 e. The Kier molecular flexibility index (Phi) is 6.87. The van der Waals surface area contributed by atoms with Crippen molar-refractivity contribution in [3.63, 3.8) is 0 Å². The second-order valence-electron chi connectivity index (χ2n) is 6.79. The normalized spacial score (nSPS) is 11.5. The maximum atomic E-state index is 12.4. The van der Waals surface area contributed by atoms with E-state index < -0.39 is 18.0 Å². The summed E-state index contributed by atoms with van der Waals surface area (Å²) in [5.41, 5.74) is 1.86. The van der Waals surface area contributed by atoms with Crippen LogP contribution in [0.5, 0.6) is 5.75 Å². The van der Waals surface area contributed by atoms with Crippen LogP contribution in [-0.4, -0.2) is 30.4 Å². The fourth-order valence-corrected chi connectivity index (χ4v) is 2.79. The van der Waals surface area contributed by atoms with Gasteiger partial charge in [0.2, 0.25) is 5.76 Å². The number of nitrogens with one attached hydrogen (secondary N) is 1. The number of Topliss-reactive ketones (excluding diaryl/α,β-unsaturated/α-hetero) is 1. The molecular weight excluding hydrogens is 398 g/mol. The van der Waals surface area contributed by atoms with Crippen molar-refractivity contribution >= 4 is 23.3 Å². The lowest BCUT2D eigenvalue weighted by atomic mass is 10.1. The summed E-state index contributed by atoms with van der Waals surface area (Å²) in [6.45, 7) is 5.41. The Morgan fingerprint density at radius 2 is 1.65 bits per heavy atom. The minimum Gasteiger partial charge on any atom is -0.494 e. The van der Waals surface area contributed by atoms with Crippen molar-refractivity contribution in [2.45, 2.75) is 26.9 Å². The molecule has 0 spiro atoms. The summed E-state index contributed by atoms with van der Waals surface area (Å²) in [5.74, 6) is -0.123. The number of ketones is 1. The molecule has 1 atom stereocenters. The number of carbonyl (C=O) groups is 3. The van der Waals surface area contributed by atoms with Gasteiger partial charge in [-0.05, 0) is 57.2 Å². The number of rotatable bonds is 8. The molecule has 0 bridgehead atoms. The molecule has 1 amide bonds. The van der Waals surface area contributed by atoms with E-state index in [0.29, 0.717) is 34.9 Å². The SMILES string of the molecule is CCOc1ccc(NC(=O)[C@@H](C)OC(=O)c2ccc(-c3ccc(C(C)=O)cc3)o2)cc1. The molecule has 1 aromatic heterocycles. The van der Waals surface area contributed by atoms with Gasteiger partial charge in [-0.25, -0.2) is 4.79 Å². The number of ether oxygens (including phenoxy) is 2. The van der Waals surface area contributed by atoms with Crippen LogP contribution in [0.15, 0.2) is 65.1 Å². The van der Waals surface area contributed by atoms with Crippen molar-refractivity contribution in [3.8, 4) is 17.1 Å². The summed E-state index contributed by atoms with van der Waals surface area (Å²) in [7, 11) is 0. The molecule has 160 valence electrons. The smallest absolute Gasteiger partial charge is 0.375 e. The molecule has 3 rings (SSSR count). The monoisotopic (exact) mass is 421 g/mol. The van der Waals surface area contributed by atoms with Crippen molar-refractivity contribution in [1.82, 2.24) is 0 Å². The number of esters is 1. The van der Waals surface area contributed by atoms with Gasteiger partial charge >= 0.3 is 5.97 Å². The lowest BCUT2D eigenvalue weighted by molar-refractivity contribution is -0.123. The Labute approximate surface area is 180 Å². The molecule has 0 fully saturated rings. The molecule has 7 nitrogen and oxygen atoms in total. The lowest BCUT2D eigenvalue weighted by Gasteiger charge is -2.13. The van der Waals surface area contributed by atoms with Crippen molar-refractivity contribution in [1.29, 1.82) is 0 Å². The van der Waals surface area contributed by atoms with Crippen LogP contribution in [0.2, 0.25) is 0 Å². The van der Waals surface area contributed by atoms with Crippen molar-refractivity contribution in [3.05, 3.63) is 72.0 Å². The molecule has 0 unspecified atom stereocenters. The summed E-state index contributed by atoms with van der Waals surface area (Å²) in [4.78, 5) is 36.1. The minimum absolute atomic E-state index is 0.0219. The van der Waals surface area contributed by atoms with E-state index >= 15 is 0 Å². The van der Waals surface area contributed by atoms with Crippen LogP contribution >= 0.6 is 0 Å². The van der Waals surface area contributed by atoms with E-state index in [1.165, 1.54) is 19.9 Å². The molecule has 31 heavy (non-hydrogen) atoms. The van der Waals surface area contributed by atoms with Crippen LogP contribution in [-0.2, 0) is 9.53 Å². The fourth-order valence-electron chi connectivity index (χ4n) is 2.79. The highest BCUT2D eigenvalue weighted by Gasteiger charge is 2.21. The quantitative estimate of drug-likeness (QED) is 0.417. The zero-order chi connectivity index (χ0) is 22.4. The Bertz CT molecular complexity index is 1070. The second kappa shape index (κ2) is 9.75. The zero-order valence-corrected chi connectivity index (χ0v) is 17.5. The van der Waals surface area contributed by atoms with Gasteiger partial charge < -0.3 is 19.2 Å². The Hall–Kier alpha value is -3.87. The predicted molar refractivity (Wildman–Crippen MR) is 115 cm³/mol. The summed E-state index contributed by atoms with van der Waals surface area (Å²) in [5, 5.41) is 2.68. The zero-order valence-electron chi connectivity index (χ0n) is 17.5. The van der Waals surface area contributed by atoms with Crippen LogP contribution < -0.4 is 10.1 Å². The highest BCUT2D eigenvalue weighted by molar-refractivity contribution is 5.97. The van der Waals surface area contributed by atoms with Gasteiger partial charge in [0.15, 0.2) is 11.9 Å². The number of carbonyl (C=O) groups excluding carboxylic acids is 3. The van der Waals surface area contributed by atoms with E-state index in [1.807, 2.05) is 6.92 Å². The molecule has 1 N–H and O–H groups in total. The summed E-state index contributed by atoms with van der Waals surface area (Å²) in [6.07, 6.45) is -1.03. The summed E-state index contributed by atoms with van der Waals surface area (Å²) in [6, 6.07) is 16.8. The Balaban J connectivity index is 1.59. The molecule has 2 aromatic carbocycles.